The lowest BCUT2D eigenvalue weighted by Crippen LogP contribution is -2.05. The standard InChI is InChI=1S/C13H13ClN2O3S/c1-2-19-11-4-3-8(5-10(11)12(17)18)15-6-9-7-16-13(14)20-9/h3-5,7,15H,2,6H2,1H3,(H,17,18). The molecule has 2 rings (SSSR count). The molecule has 0 aliphatic heterocycles. The van der Waals surface area contributed by atoms with Gasteiger partial charge in [-0.05, 0) is 25.1 Å². The highest BCUT2D eigenvalue weighted by atomic mass is 35.5. The van der Waals surface area contributed by atoms with Crippen LogP contribution in [0.2, 0.25) is 4.47 Å². The van der Waals surface area contributed by atoms with Crippen molar-refractivity contribution in [1.82, 2.24) is 4.98 Å². The molecule has 0 spiro atoms. The van der Waals surface area contributed by atoms with Crippen LogP contribution in [0.3, 0.4) is 0 Å². The normalized spacial score (nSPS) is 10.3. The molecule has 0 saturated heterocycles. The summed E-state index contributed by atoms with van der Waals surface area (Å²) < 4.78 is 5.77. The molecule has 1 heterocycles. The Labute approximate surface area is 125 Å². The zero-order chi connectivity index (χ0) is 14.5. The summed E-state index contributed by atoms with van der Waals surface area (Å²) >= 11 is 7.13. The van der Waals surface area contributed by atoms with Crippen LogP contribution in [-0.2, 0) is 6.54 Å². The average Bonchev–Trinajstić information content (AvgIpc) is 2.83. The van der Waals surface area contributed by atoms with Crippen molar-refractivity contribution in [1.29, 1.82) is 0 Å². The minimum Gasteiger partial charge on any atom is -0.493 e. The number of carboxylic acid groups (broad SMARTS) is 1. The summed E-state index contributed by atoms with van der Waals surface area (Å²) in [5.41, 5.74) is 0.842. The lowest BCUT2D eigenvalue weighted by atomic mass is 10.1. The lowest BCUT2D eigenvalue weighted by molar-refractivity contribution is 0.0692. The van der Waals surface area contributed by atoms with E-state index in [1.54, 1.807) is 24.4 Å². The quantitative estimate of drug-likeness (QED) is 0.854. The molecule has 0 unspecified atom stereocenters. The largest absolute Gasteiger partial charge is 0.493 e. The van der Waals surface area contributed by atoms with Crippen molar-refractivity contribution in [3.05, 3.63) is 39.3 Å². The predicted octanol–water partition coefficient (Wildman–Crippen LogP) is 3.51. The molecule has 2 aromatic rings. The molecule has 0 fully saturated rings. The van der Waals surface area contributed by atoms with Gasteiger partial charge in [0.05, 0.1) is 13.2 Å². The van der Waals surface area contributed by atoms with E-state index in [-0.39, 0.29) is 5.56 Å². The number of rotatable bonds is 6. The van der Waals surface area contributed by atoms with Crippen LogP contribution in [0.15, 0.2) is 24.4 Å². The van der Waals surface area contributed by atoms with E-state index in [1.165, 1.54) is 11.3 Å². The van der Waals surface area contributed by atoms with Gasteiger partial charge in [-0.3, -0.25) is 0 Å². The van der Waals surface area contributed by atoms with Crippen LogP contribution in [0, 0.1) is 0 Å². The first-order valence-corrected chi connectivity index (χ1v) is 7.13. The maximum absolute atomic E-state index is 11.2. The maximum Gasteiger partial charge on any atom is 0.339 e. The molecule has 1 aromatic heterocycles. The van der Waals surface area contributed by atoms with Crippen molar-refractivity contribution in [2.24, 2.45) is 0 Å². The highest BCUT2D eigenvalue weighted by Crippen LogP contribution is 2.24. The summed E-state index contributed by atoms with van der Waals surface area (Å²) in [6.45, 7) is 2.77. The number of anilines is 1. The third-order valence-electron chi connectivity index (χ3n) is 2.50. The van der Waals surface area contributed by atoms with E-state index in [2.05, 4.69) is 10.3 Å². The van der Waals surface area contributed by atoms with Crippen molar-refractivity contribution in [2.75, 3.05) is 11.9 Å². The van der Waals surface area contributed by atoms with Crippen molar-refractivity contribution in [3.63, 3.8) is 0 Å². The lowest BCUT2D eigenvalue weighted by Gasteiger charge is -2.10. The molecule has 0 aliphatic carbocycles. The monoisotopic (exact) mass is 312 g/mol. The third kappa shape index (κ3) is 3.61. The Morgan fingerprint density at radius 3 is 2.95 bits per heavy atom. The molecule has 0 bridgehead atoms. The van der Waals surface area contributed by atoms with Gasteiger partial charge < -0.3 is 15.2 Å². The predicted molar refractivity (Wildman–Crippen MR) is 79.0 cm³/mol. The van der Waals surface area contributed by atoms with Crippen molar-refractivity contribution >= 4 is 34.6 Å². The average molecular weight is 313 g/mol. The number of halogens is 1. The van der Waals surface area contributed by atoms with Crippen LogP contribution in [0.4, 0.5) is 5.69 Å². The van der Waals surface area contributed by atoms with Crippen LogP contribution < -0.4 is 10.1 Å². The number of hydrogen-bond acceptors (Lipinski definition) is 5. The zero-order valence-corrected chi connectivity index (χ0v) is 12.3. The summed E-state index contributed by atoms with van der Waals surface area (Å²) in [6, 6.07) is 4.98. The first kappa shape index (κ1) is 14.6. The van der Waals surface area contributed by atoms with E-state index in [0.29, 0.717) is 29.1 Å². The second kappa shape index (κ2) is 6.58. The first-order valence-electron chi connectivity index (χ1n) is 5.94. The molecule has 0 aliphatic rings. The molecule has 20 heavy (non-hydrogen) atoms. The summed E-state index contributed by atoms with van der Waals surface area (Å²) in [5.74, 6) is -0.649. The van der Waals surface area contributed by atoms with Gasteiger partial charge in [-0.25, -0.2) is 9.78 Å². The molecule has 0 atom stereocenters. The Balaban J connectivity index is 2.12. The van der Waals surface area contributed by atoms with E-state index < -0.39 is 5.97 Å². The fourth-order valence-electron chi connectivity index (χ4n) is 1.64. The summed E-state index contributed by atoms with van der Waals surface area (Å²) in [7, 11) is 0. The van der Waals surface area contributed by atoms with Gasteiger partial charge >= 0.3 is 5.97 Å². The molecular formula is C13H13ClN2O3S. The number of benzene rings is 1. The minimum atomic E-state index is -1.02. The summed E-state index contributed by atoms with van der Waals surface area (Å²) in [4.78, 5) is 16.1. The van der Waals surface area contributed by atoms with E-state index in [4.69, 9.17) is 16.3 Å². The summed E-state index contributed by atoms with van der Waals surface area (Å²) in [6.07, 6.45) is 1.69. The number of carbonyl (C=O) groups is 1. The van der Waals surface area contributed by atoms with Gasteiger partial charge in [0.1, 0.15) is 11.3 Å². The molecule has 0 radical (unpaired) electrons. The topological polar surface area (TPSA) is 71.5 Å². The highest BCUT2D eigenvalue weighted by Gasteiger charge is 2.12. The molecule has 1 aromatic carbocycles. The van der Waals surface area contributed by atoms with Crippen LogP contribution in [-0.4, -0.2) is 22.7 Å². The molecule has 106 valence electrons. The van der Waals surface area contributed by atoms with Crippen LogP contribution in [0.25, 0.3) is 0 Å². The van der Waals surface area contributed by atoms with Crippen LogP contribution in [0.5, 0.6) is 5.75 Å². The number of nitrogens with one attached hydrogen (secondary N) is 1. The third-order valence-corrected chi connectivity index (χ3v) is 3.62. The van der Waals surface area contributed by atoms with Crippen molar-refractivity contribution < 1.29 is 14.6 Å². The highest BCUT2D eigenvalue weighted by molar-refractivity contribution is 7.15. The number of aromatic nitrogens is 1. The van der Waals surface area contributed by atoms with Gasteiger partial charge in [-0.15, -0.1) is 11.3 Å². The minimum absolute atomic E-state index is 0.138. The van der Waals surface area contributed by atoms with Crippen molar-refractivity contribution in [2.45, 2.75) is 13.5 Å². The van der Waals surface area contributed by atoms with Gasteiger partial charge in [0.15, 0.2) is 4.47 Å². The van der Waals surface area contributed by atoms with Gasteiger partial charge in [0.2, 0.25) is 0 Å². The molecule has 0 saturated carbocycles. The summed E-state index contributed by atoms with van der Waals surface area (Å²) in [5, 5.41) is 12.3. The fourth-order valence-corrected chi connectivity index (χ4v) is 2.56. The number of thiazole rings is 1. The maximum atomic E-state index is 11.2. The van der Waals surface area contributed by atoms with Gasteiger partial charge in [-0.2, -0.15) is 0 Å². The number of carboxylic acids is 1. The number of ether oxygens (including phenoxy) is 1. The van der Waals surface area contributed by atoms with E-state index in [0.717, 1.165) is 4.88 Å². The Morgan fingerprint density at radius 2 is 2.35 bits per heavy atom. The Kier molecular flexibility index (Phi) is 4.81. The van der Waals surface area contributed by atoms with E-state index in [1.807, 2.05) is 6.92 Å². The van der Waals surface area contributed by atoms with Crippen molar-refractivity contribution in [3.8, 4) is 5.75 Å². The van der Waals surface area contributed by atoms with E-state index >= 15 is 0 Å². The number of nitrogens with zero attached hydrogens (tertiary/aromatic N) is 1. The van der Waals surface area contributed by atoms with Crippen LogP contribution >= 0.6 is 22.9 Å². The van der Waals surface area contributed by atoms with Gasteiger partial charge in [0, 0.05) is 16.8 Å². The smallest absolute Gasteiger partial charge is 0.339 e. The number of aromatic carboxylic acids is 1. The molecule has 7 heteroatoms. The van der Waals surface area contributed by atoms with E-state index in [9.17, 15) is 9.90 Å². The Morgan fingerprint density at radius 1 is 1.55 bits per heavy atom. The van der Waals surface area contributed by atoms with Gasteiger partial charge in [-0.1, -0.05) is 11.6 Å². The number of hydrogen-bond donors (Lipinski definition) is 2. The second-order valence-electron chi connectivity index (χ2n) is 3.88. The fraction of sp³-hybridized carbons (Fsp3) is 0.231. The zero-order valence-electron chi connectivity index (χ0n) is 10.7. The Hall–Kier alpha value is -1.79. The second-order valence-corrected chi connectivity index (χ2v) is 5.58. The first-order chi connectivity index (χ1) is 9.60. The Bertz CT molecular complexity index is 615. The molecule has 0 amide bonds. The van der Waals surface area contributed by atoms with Crippen LogP contribution in [0.1, 0.15) is 22.2 Å². The van der Waals surface area contributed by atoms with Gasteiger partial charge in [0.25, 0.3) is 0 Å². The molecule has 5 nitrogen and oxygen atoms in total. The molecular weight excluding hydrogens is 300 g/mol. The SMILES string of the molecule is CCOc1ccc(NCc2cnc(Cl)s2)cc1C(=O)O. The molecule has 2 N–H and O–H groups in total.